The van der Waals surface area contributed by atoms with E-state index in [0.29, 0.717) is 6.61 Å². The lowest BCUT2D eigenvalue weighted by atomic mass is 10.1. The molecular formula is C20H24O2S2. The van der Waals surface area contributed by atoms with Gasteiger partial charge in [0.05, 0.1) is 10.2 Å². The van der Waals surface area contributed by atoms with Crippen molar-refractivity contribution >= 4 is 23.5 Å². The SMILES string of the molecule is C[C@H](O)CC1(c2ccc(OCc3ccccc3)cc2)SCCCS1. The molecule has 0 spiro atoms. The van der Waals surface area contributed by atoms with Gasteiger partial charge in [0.1, 0.15) is 12.4 Å². The highest BCUT2D eigenvalue weighted by Gasteiger charge is 2.36. The molecule has 0 bridgehead atoms. The molecule has 4 heteroatoms. The number of benzene rings is 2. The normalized spacial score (nSPS) is 18.1. The van der Waals surface area contributed by atoms with Crippen molar-refractivity contribution in [2.75, 3.05) is 11.5 Å². The highest BCUT2D eigenvalue weighted by molar-refractivity contribution is 8.18. The molecule has 1 fully saturated rings. The van der Waals surface area contributed by atoms with Crippen molar-refractivity contribution in [3.8, 4) is 5.75 Å². The number of rotatable bonds is 6. The highest BCUT2D eigenvalue weighted by atomic mass is 32.2. The average molecular weight is 361 g/mol. The summed E-state index contributed by atoms with van der Waals surface area (Å²) in [7, 11) is 0. The molecule has 1 heterocycles. The number of ether oxygens (including phenoxy) is 1. The Morgan fingerprint density at radius 1 is 1.04 bits per heavy atom. The topological polar surface area (TPSA) is 29.5 Å². The minimum Gasteiger partial charge on any atom is -0.489 e. The summed E-state index contributed by atoms with van der Waals surface area (Å²) in [4.78, 5) is 0. The molecule has 1 aliphatic rings. The zero-order chi connectivity index (χ0) is 16.8. The van der Waals surface area contributed by atoms with Crippen LogP contribution in [-0.2, 0) is 10.7 Å². The first-order chi connectivity index (χ1) is 11.7. The molecule has 128 valence electrons. The van der Waals surface area contributed by atoms with Gasteiger partial charge in [0, 0.05) is 6.42 Å². The largest absolute Gasteiger partial charge is 0.489 e. The van der Waals surface area contributed by atoms with Gasteiger partial charge in [-0.05, 0) is 48.1 Å². The average Bonchev–Trinajstić information content (AvgIpc) is 2.61. The van der Waals surface area contributed by atoms with Gasteiger partial charge < -0.3 is 9.84 Å². The fraction of sp³-hybridized carbons (Fsp3) is 0.400. The van der Waals surface area contributed by atoms with Crippen LogP contribution in [0.2, 0.25) is 0 Å². The van der Waals surface area contributed by atoms with E-state index in [2.05, 4.69) is 36.4 Å². The van der Waals surface area contributed by atoms with E-state index in [4.69, 9.17) is 4.74 Å². The molecule has 0 unspecified atom stereocenters. The zero-order valence-electron chi connectivity index (χ0n) is 14.0. The fourth-order valence-electron chi connectivity index (χ4n) is 2.91. The van der Waals surface area contributed by atoms with Gasteiger partial charge in [0.25, 0.3) is 0 Å². The fourth-order valence-corrected chi connectivity index (χ4v) is 6.49. The summed E-state index contributed by atoms with van der Waals surface area (Å²) in [6, 6.07) is 18.6. The Hall–Kier alpha value is -1.10. The van der Waals surface area contributed by atoms with Crippen molar-refractivity contribution in [3.63, 3.8) is 0 Å². The quantitative estimate of drug-likeness (QED) is 0.780. The molecule has 0 aliphatic carbocycles. The molecule has 0 aromatic heterocycles. The van der Waals surface area contributed by atoms with Gasteiger partial charge in [-0.2, -0.15) is 0 Å². The molecular weight excluding hydrogens is 336 g/mol. The molecule has 1 atom stereocenters. The summed E-state index contributed by atoms with van der Waals surface area (Å²) in [6.45, 7) is 2.47. The number of hydrogen-bond acceptors (Lipinski definition) is 4. The Labute approximate surface area is 153 Å². The first-order valence-electron chi connectivity index (χ1n) is 8.41. The summed E-state index contributed by atoms with van der Waals surface area (Å²) < 4.78 is 5.86. The maximum Gasteiger partial charge on any atom is 0.119 e. The first kappa shape index (κ1) is 17.7. The van der Waals surface area contributed by atoms with Crippen molar-refractivity contribution in [2.24, 2.45) is 0 Å². The third-order valence-corrected chi connectivity index (χ3v) is 7.50. The van der Waals surface area contributed by atoms with Crippen molar-refractivity contribution in [3.05, 3.63) is 65.7 Å². The van der Waals surface area contributed by atoms with E-state index in [1.165, 1.54) is 17.5 Å². The molecule has 1 aliphatic heterocycles. The molecule has 24 heavy (non-hydrogen) atoms. The van der Waals surface area contributed by atoms with Crippen LogP contribution in [0.15, 0.2) is 54.6 Å². The molecule has 2 aromatic rings. The monoisotopic (exact) mass is 360 g/mol. The predicted molar refractivity (Wildman–Crippen MR) is 105 cm³/mol. The van der Waals surface area contributed by atoms with Gasteiger partial charge in [-0.25, -0.2) is 0 Å². The Bertz CT molecular complexity index is 620. The molecule has 2 nitrogen and oxygen atoms in total. The van der Waals surface area contributed by atoms with E-state index in [1.807, 2.05) is 48.6 Å². The second-order valence-corrected chi connectivity index (χ2v) is 9.20. The minimum absolute atomic E-state index is 0.0234. The second kappa shape index (κ2) is 8.32. The second-order valence-electron chi connectivity index (χ2n) is 6.16. The van der Waals surface area contributed by atoms with Gasteiger partial charge >= 0.3 is 0 Å². The molecule has 0 radical (unpaired) electrons. The van der Waals surface area contributed by atoms with Crippen LogP contribution in [0.5, 0.6) is 5.75 Å². The number of aliphatic hydroxyl groups excluding tert-OH is 1. The maximum absolute atomic E-state index is 9.94. The number of hydrogen-bond donors (Lipinski definition) is 1. The zero-order valence-corrected chi connectivity index (χ0v) is 15.6. The van der Waals surface area contributed by atoms with Gasteiger partial charge in [-0.3, -0.25) is 0 Å². The van der Waals surface area contributed by atoms with Crippen LogP contribution in [0, 0.1) is 0 Å². The molecule has 0 saturated carbocycles. The van der Waals surface area contributed by atoms with Crippen LogP contribution >= 0.6 is 23.5 Å². The van der Waals surface area contributed by atoms with Crippen LogP contribution in [0.1, 0.15) is 30.9 Å². The molecule has 0 amide bonds. The molecule has 2 aromatic carbocycles. The molecule has 1 saturated heterocycles. The van der Waals surface area contributed by atoms with E-state index < -0.39 is 0 Å². The van der Waals surface area contributed by atoms with E-state index in [-0.39, 0.29) is 10.2 Å². The summed E-state index contributed by atoms with van der Waals surface area (Å²) in [5.41, 5.74) is 2.45. The lowest BCUT2D eigenvalue weighted by molar-refractivity contribution is 0.180. The summed E-state index contributed by atoms with van der Waals surface area (Å²) >= 11 is 3.94. The van der Waals surface area contributed by atoms with Crippen molar-refractivity contribution in [1.29, 1.82) is 0 Å². The lowest BCUT2D eigenvalue weighted by Crippen LogP contribution is -2.27. The van der Waals surface area contributed by atoms with Crippen LogP contribution in [-0.4, -0.2) is 22.7 Å². The Morgan fingerprint density at radius 2 is 1.71 bits per heavy atom. The third-order valence-electron chi connectivity index (χ3n) is 4.07. The Morgan fingerprint density at radius 3 is 2.33 bits per heavy atom. The standard InChI is InChI=1S/C20H24O2S2/c1-16(21)14-20(23-12-5-13-24-20)18-8-10-19(11-9-18)22-15-17-6-3-2-4-7-17/h2-4,6-11,16,21H,5,12-15H2,1H3/t16-/m0/s1. The van der Waals surface area contributed by atoms with Crippen molar-refractivity contribution in [1.82, 2.24) is 0 Å². The van der Waals surface area contributed by atoms with Crippen molar-refractivity contribution in [2.45, 2.75) is 36.6 Å². The maximum atomic E-state index is 9.94. The molecule has 1 N–H and O–H groups in total. The highest BCUT2D eigenvalue weighted by Crippen LogP contribution is 2.53. The van der Waals surface area contributed by atoms with E-state index in [1.54, 1.807) is 0 Å². The predicted octanol–water partition coefficient (Wildman–Crippen LogP) is 5.06. The van der Waals surface area contributed by atoms with Crippen LogP contribution in [0.4, 0.5) is 0 Å². The van der Waals surface area contributed by atoms with Crippen molar-refractivity contribution < 1.29 is 9.84 Å². The van der Waals surface area contributed by atoms with Gasteiger partial charge in [0.2, 0.25) is 0 Å². The van der Waals surface area contributed by atoms with Crippen LogP contribution in [0.3, 0.4) is 0 Å². The smallest absolute Gasteiger partial charge is 0.119 e. The minimum atomic E-state index is -0.294. The summed E-state index contributed by atoms with van der Waals surface area (Å²) in [5, 5.41) is 9.94. The Kier molecular flexibility index (Phi) is 6.14. The van der Waals surface area contributed by atoms with Gasteiger partial charge in [0.15, 0.2) is 0 Å². The van der Waals surface area contributed by atoms with E-state index in [0.717, 1.165) is 23.7 Å². The first-order valence-corrected chi connectivity index (χ1v) is 10.4. The third kappa shape index (κ3) is 4.50. The summed E-state index contributed by atoms with van der Waals surface area (Å²) in [6.07, 6.45) is 1.74. The van der Waals surface area contributed by atoms with Crippen LogP contribution in [0.25, 0.3) is 0 Å². The number of thioether (sulfide) groups is 2. The van der Waals surface area contributed by atoms with E-state index >= 15 is 0 Å². The van der Waals surface area contributed by atoms with E-state index in [9.17, 15) is 5.11 Å². The van der Waals surface area contributed by atoms with Gasteiger partial charge in [-0.1, -0.05) is 42.5 Å². The summed E-state index contributed by atoms with van der Waals surface area (Å²) in [5.74, 6) is 3.21. The lowest BCUT2D eigenvalue weighted by Gasteiger charge is -2.37. The molecule has 3 rings (SSSR count). The Balaban J connectivity index is 1.70. The van der Waals surface area contributed by atoms with Gasteiger partial charge in [-0.15, -0.1) is 23.5 Å². The number of aliphatic hydroxyl groups is 1. The van der Waals surface area contributed by atoms with Crippen LogP contribution < -0.4 is 4.74 Å².